The number of rotatable bonds is 9. The van der Waals surface area contributed by atoms with Crippen molar-refractivity contribution in [1.82, 2.24) is 15.5 Å². The number of nitrogens with zero attached hydrogens (tertiary/aromatic N) is 1. The Morgan fingerprint density at radius 3 is 2.53 bits per heavy atom. The molecular formula is C22H25Cl2N3O3. The van der Waals surface area contributed by atoms with E-state index in [1.54, 1.807) is 6.92 Å². The number of benzene rings is 2. The molecule has 6 nitrogen and oxygen atoms in total. The van der Waals surface area contributed by atoms with E-state index in [0.717, 1.165) is 42.0 Å². The minimum absolute atomic E-state index is 0.220. The summed E-state index contributed by atoms with van der Waals surface area (Å²) >= 11 is 12.0. The van der Waals surface area contributed by atoms with E-state index in [0.29, 0.717) is 10.0 Å². The molecule has 1 aliphatic heterocycles. The average Bonchev–Trinajstić information content (AvgIpc) is 2.95. The molecule has 1 aliphatic rings. The number of halogens is 2. The number of nitrogens with one attached hydrogen (secondary N) is 2. The summed E-state index contributed by atoms with van der Waals surface area (Å²) in [5, 5.41) is 7.15. The Balaban J connectivity index is 1.42. The fourth-order valence-electron chi connectivity index (χ4n) is 3.26. The second kappa shape index (κ2) is 10.2. The van der Waals surface area contributed by atoms with Gasteiger partial charge < -0.3 is 15.4 Å². The van der Waals surface area contributed by atoms with Crippen molar-refractivity contribution in [2.45, 2.75) is 32.9 Å². The highest BCUT2D eigenvalue weighted by molar-refractivity contribution is 6.42. The van der Waals surface area contributed by atoms with E-state index in [4.69, 9.17) is 27.9 Å². The monoisotopic (exact) mass is 449 g/mol. The number of carbonyl (C=O) groups is 2. The summed E-state index contributed by atoms with van der Waals surface area (Å²) < 4.78 is 5.77. The molecule has 0 aliphatic carbocycles. The molecule has 2 aromatic carbocycles. The van der Waals surface area contributed by atoms with Gasteiger partial charge in [-0.15, -0.1) is 0 Å². The predicted octanol–water partition coefficient (Wildman–Crippen LogP) is 3.95. The Labute approximate surface area is 186 Å². The van der Waals surface area contributed by atoms with E-state index in [9.17, 15) is 9.59 Å². The van der Waals surface area contributed by atoms with Crippen molar-refractivity contribution in [3.05, 3.63) is 63.1 Å². The van der Waals surface area contributed by atoms with Crippen molar-refractivity contribution in [3.63, 3.8) is 0 Å². The quantitative estimate of drug-likeness (QED) is 0.448. The highest BCUT2D eigenvalue weighted by atomic mass is 35.5. The molecule has 8 heteroatoms. The Hall–Kier alpha value is -2.28. The maximum Gasteiger partial charge on any atom is 0.324 e. The minimum atomic E-state index is -0.470. The standard InChI is InChI=1S/C22H25Cl2N3O3/c1-14-11-17(13-25-8-7-16-3-5-18(23)19(24)12-16)4-6-20(14)30-10-9-27-21(28)15(2)26-22(27)29/h3-6,11-12,15,25H,7-10,13H2,1-2H3,(H,26,29). The van der Waals surface area contributed by atoms with Crippen molar-refractivity contribution >= 4 is 35.1 Å². The summed E-state index contributed by atoms with van der Waals surface area (Å²) in [6.07, 6.45) is 0.860. The van der Waals surface area contributed by atoms with Crippen molar-refractivity contribution < 1.29 is 14.3 Å². The molecule has 1 unspecified atom stereocenters. The lowest BCUT2D eigenvalue weighted by Crippen LogP contribution is -2.34. The number of urea groups is 1. The number of imide groups is 1. The van der Waals surface area contributed by atoms with Crippen LogP contribution in [0.4, 0.5) is 4.79 Å². The van der Waals surface area contributed by atoms with Gasteiger partial charge in [-0.2, -0.15) is 0 Å². The van der Waals surface area contributed by atoms with Gasteiger partial charge in [0, 0.05) is 6.54 Å². The normalized spacial score (nSPS) is 16.1. The van der Waals surface area contributed by atoms with Crippen LogP contribution in [-0.2, 0) is 17.8 Å². The lowest BCUT2D eigenvalue weighted by Gasteiger charge is -2.15. The Morgan fingerprint density at radius 2 is 1.87 bits per heavy atom. The number of amides is 3. The van der Waals surface area contributed by atoms with E-state index in [1.807, 2.05) is 37.3 Å². The number of carbonyl (C=O) groups excluding carboxylic acids is 2. The van der Waals surface area contributed by atoms with Gasteiger partial charge in [0.15, 0.2) is 0 Å². The fourth-order valence-corrected chi connectivity index (χ4v) is 3.58. The summed E-state index contributed by atoms with van der Waals surface area (Å²) in [6.45, 7) is 5.69. The summed E-state index contributed by atoms with van der Waals surface area (Å²) in [5.74, 6) is 0.525. The van der Waals surface area contributed by atoms with Crippen LogP contribution in [0.2, 0.25) is 10.0 Å². The highest BCUT2D eigenvalue weighted by Gasteiger charge is 2.34. The minimum Gasteiger partial charge on any atom is -0.491 e. The molecule has 2 N–H and O–H groups in total. The first-order chi connectivity index (χ1) is 14.3. The number of ether oxygens (including phenoxy) is 1. The highest BCUT2D eigenvalue weighted by Crippen LogP contribution is 2.23. The van der Waals surface area contributed by atoms with E-state index in [-0.39, 0.29) is 25.1 Å². The van der Waals surface area contributed by atoms with Gasteiger partial charge in [0.2, 0.25) is 0 Å². The van der Waals surface area contributed by atoms with Gasteiger partial charge in [0.05, 0.1) is 16.6 Å². The lowest BCUT2D eigenvalue weighted by molar-refractivity contribution is -0.127. The topological polar surface area (TPSA) is 70.7 Å². The van der Waals surface area contributed by atoms with E-state index in [1.165, 1.54) is 4.90 Å². The number of hydrogen-bond acceptors (Lipinski definition) is 4. The molecule has 3 rings (SSSR count). The third-order valence-electron chi connectivity index (χ3n) is 4.94. The van der Waals surface area contributed by atoms with Crippen LogP contribution in [0, 0.1) is 6.92 Å². The molecule has 160 valence electrons. The summed E-state index contributed by atoms with van der Waals surface area (Å²) in [4.78, 5) is 24.8. The van der Waals surface area contributed by atoms with Gasteiger partial charge in [-0.25, -0.2) is 4.79 Å². The molecular weight excluding hydrogens is 425 g/mol. The third-order valence-corrected chi connectivity index (χ3v) is 5.68. The first-order valence-electron chi connectivity index (χ1n) is 9.84. The second-order valence-electron chi connectivity index (χ2n) is 7.28. The second-order valence-corrected chi connectivity index (χ2v) is 8.10. The van der Waals surface area contributed by atoms with E-state index in [2.05, 4.69) is 16.7 Å². The fraction of sp³-hybridized carbons (Fsp3) is 0.364. The zero-order chi connectivity index (χ0) is 21.7. The molecule has 0 bridgehead atoms. The van der Waals surface area contributed by atoms with Crippen molar-refractivity contribution in [3.8, 4) is 5.75 Å². The average molecular weight is 450 g/mol. The molecule has 1 fully saturated rings. The van der Waals surface area contributed by atoms with E-state index < -0.39 is 6.04 Å². The molecule has 1 saturated heterocycles. The van der Waals surface area contributed by atoms with Crippen LogP contribution in [-0.4, -0.2) is 42.6 Å². The number of hydrogen-bond donors (Lipinski definition) is 2. The molecule has 0 aromatic heterocycles. The largest absolute Gasteiger partial charge is 0.491 e. The van der Waals surface area contributed by atoms with Crippen LogP contribution in [0.15, 0.2) is 36.4 Å². The zero-order valence-electron chi connectivity index (χ0n) is 17.0. The summed E-state index contributed by atoms with van der Waals surface area (Å²) in [7, 11) is 0. The smallest absolute Gasteiger partial charge is 0.324 e. The molecule has 1 atom stereocenters. The maximum atomic E-state index is 11.9. The zero-order valence-corrected chi connectivity index (χ0v) is 18.5. The van der Waals surface area contributed by atoms with Gasteiger partial charge in [-0.05, 0) is 61.7 Å². The maximum absolute atomic E-state index is 11.9. The van der Waals surface area contributed by atoms with Crippen molar-refractivity contribution in [2.75, 3.05) is 19.7 Å². The van der Waals surface area contributed by atoms with Gasteiger partial charge in [-0.1, -0.05) is 41.4 Å². The predicted molar refractivity (Wildman–Crippen MR) is 118 cm³/mol. The third kappa shape index (κ3) is 5.65. The Kier molecular flexibility index (Phi) is 7.58. The lowest BCUT2D eigenvalue weighted by atomic mass is 10.1. The van der Waals surface area contributed by atoms with Crippen LogP contribution in [0.3, 0.4) is 0 Å². The van der Waals surface area contributed by atoms with Crippen LogP contribution < -0.4 is 15.4 Å². The first-order valence-corrected chi connectivity index (χ1v) is 10.6. The molecule has 2 aromatic rings. The van der Waals surface area contributed by atoms with Gasteiger partial charge in [0.1, 0.15) is 18.4 Å². The SMILES string of the molecule is Cc1cc(CNCCc2ccc(Cl)c(Cl)c2)ccc1OCCN1C(=O)NC(C)C1=O. The Morgan fingerprint density at radius 1 is 1.10 bits per heavy atom. The van der Waals surface area contributed by atoms with Crippen LogP contribution in [0.25, 0.3) is 0 Å². The van der Waals surface area contributed by atoms with Crippen molar-refractivity contribution in [1.29, 1.82) is 0 Å². The molecule has 0 saturated carbocycles. The van der Waals surface area contributed by atoms with E-state index >= 15 is 0 Å². The summed E-state index contributed by atoms with van der Waals surface area (Å²) in [6, 6.07) is 10.8. The van der Waals surface area contributed by atoms with Gasteiger partial charge in [0.25, 0.3) is 5.91 Å². The van der Waals surface area contributed by atoms with Crippen LogP contribution >= 0.6 is 23.2 Å². The molecule has 0 spiro atoms. The Bertz CT molecular complexity index is 936. The van der Waals surface area contributed by atoms with Crippen molar-refractivity contribution in [2.24, 2.45) is 0 Å². The molecule has 30 heavy (non-hydrogen) atoms. The number of aryl methyl sites for hydroxylation is 1. The first kappa shape index (κ1) is 22.4. The molecule has 1 heterocycles. The molecule has 3 amide bonds. The molecule has 0 radical (unpaired) electrons. The van der Waals surface area contributed by atoms with Gasteiger partial charge in [-0.3, -0.25) is 9.69 Å². The van der Waals surface area contributed by atoms with Crippen LogP contribution in [0.5, 0.6) is 5.75 Å². The van der Waals surface area contributed by atoms with Gasteiger partial charge >= 0.3 is 6.03 Å². The summed E-state index contributed by atoms with van der Waals surface area (Å²) in [5.41, 5.74) is 3.29. The van der Waals surface area contributed by atoms with Crippen LogP contribution in [0.1, 0.15) is 23.6 Å².